The fourth-order valence-electron chi connectivity index (χ4n) is 2.12. The molecule has 0 amide bonds. The highest BCUT2D eigenvalue weighted by atomic mass is 16.4. The lowest BCUT2D eigenvalue weighted by atomic mass is 10.2. The highest BCUT2D eigenvalue weighted by molar-refractivity contribution is 5.85. The lowest BCUT2D eigenvalue weighted by Crippen LogP contribution is -2.28. The van der Waals surface area contributed by atoms with Crippen LogP contribution >= 0.6 is 0 Å². The number of nitrogens with zero attached hydrogens (tertiary/aromatic N) is 3. The van der Waals surface area contributed by atoms with Gasteiger partial charge >= 0.3 is 5.97 Å². The molecular formula is C16H19N3O2. The number of carbonyl (C=O) groups is 1. The Bertz CT molecular complexity index is 587. The molecule has 0 aliphatic heterocycles. The first-order valence-electron chi connectivity index (χ1n) is 7.06. The smallest absolute Gasteiger partial charge is 0.354 e. The van der Waals surface area contributed by atoms with Gasteiger partial charge in [0, 0.05) is 31.4 Å². The topological polar surface area (TPSA) is 66.3 Å². The van der Waals surface area contributed by atoms with Gasteiger partial charge in [-0.1, -0.05) is 19.1 Å². The first kappa shape index (κ1) is 15.0. The molecular weight excluding hydrogens is 266 g/mol. The lowest BCUT2D eigenvalue weighted by molar-refractivity contribution is 0.0690. The minimum atomic E-state index is -1.00. The standard InChI is InChI=1S/C16H19N3O2/c1-2-11-19(12-9-13-6-3-4-10-17-13)15-8-5-7-14(18-15)16(20)21/h3-8,10H,2,9,11-12H2,1H3,(H,20,21). The predicted molar refractivity (Wildman–Crippen MR) is 81.6 cm³/mol. The van der Waals surface area contributed by atoms with E-state index in [0.29, 0.717) is 5.82 Å². The largest absolute Gasteiger partial charge is 0.477 e. The van der Waals surface area contributed by atoms with Gasteiger partial charge in [-0.2, -0.15) is 0 Å². The molecule has 0 atom stereocenters. The molecule has 2 aromatic heterocycles. The normalized spacial score (nSPS) is 10.3. The Labute approximate surface area is 124 Å². The van der Waals surface area contributed by atoms with Gasteiger partial charge in [0.15, 0.2) is 5.69 Å². The second-order valence-corrected chi connectivity index (χ2v) is 4.74. The van der Waals surface area contributed by atoms with Crippen molar-refractivity contribution < 1.29 is 9.90 Å². The summed E-state index contributed by atoms with van der Waals surface area (Å²) in [4.78, 5) is 21.6. The molecule has 5 heteroatoms. The fraction of sp³-hybridized carbons (Fsp3) is 0.312. The Hall–Kier alpha value is -2.43. The molecule has 0 aliphatic rings. The van der Waals surface area contributed by atoms with Crippen LogP contribution < -0.4 is 4.90 Å². The van der Waals surface area contributed by atoms with Crippen molar-refractivity contribution in [2.75, 3.05) is 18.0 Å². The van der Waals surface area contributed by atoms with Crippen LogP contribution in [0.5, 0.6) is 0 Å². The predicted octanol–water partition coefficient (Wildman–Crippen LogP) is 2.63. The third-order valence-corrected chi connectivity index (χ3v) is 3.14. The fourth-order valence-corrected chi connectivity index (χ4v) is 2.12. The van der Waals surface area contributed by atoms with Gasteiger partial charge in [-0.25, -0.2) is 9.78 Å². The Kier molecular flexibility index (Phi) is 5.26. The number of aromatic nitrogens is 2. The number of carboxylic acid groups (broad SMARTS) is 1. The molecule has 0 radical (unpaired) electrons. The quantitative estimate of drug-likeness (QED) is 0.847. The Morgan fingerprint density at radius 2 is 2.05 bits per heavy atom. The molecule has 0 bridgehead atoms. The molecule has 2 aromatic rings. The molecule has 0 saturated heterocycles. The summed E-state index contributed by atoms with van der Waals surface area (Å²) in [5, 5.41) is 9.04. The van der Waals surface area contributed by atoms with Crippen LogP contribution in [0.25, 0.3) is 0 Å². The zero-order valence-electron chi connectivity index (χ0n) is 12.1. The number of aromatic carboxylic acids is 1. The summed E-state index contributed by atoms with van der Waals surface area (Å²) in [7, 11) is 0. The second kappa shape index (κ2) is 7.38. The molecule has 21 heavy (non-hydrogen) atoms. The van der Waals surface area contributed by atoms with Crippen LogP contribution in [0.2, 0.25) is 0 Å². The number of carboxylic acids is 1. The maximum Gasteiger partial charge on any atom is 0.354 e. The van der Waals surface area contributed by atoms with Gasteiger partial charge in [-0.3, -0.25) is 4.98 Å². The molecule has 5 nitrogen and oxygen atoms in total. The second-order valence-electron chi connectivity index (χ2n) is 4.74. The first-order chi connectivity index (χ1) is 10.2. The molecule has 0 fully saturated rings. The van der Waals surface area contributed by atoms with Gasteiger partial charge in [-0.15, -0.1) is 0 Å². The third kappa shape index (κ3) is 4.27. The van der Waals surface area contributed by atoms with E-state index >= 15 is 0 Å². The van der Waals surface area contributed by atoms with Crippen molar-refractivity contribution in [2.45, 2.75) is 19.8 Å². The zero-order chi connectivity index (χ0) is 15.1. The van der Waals surface area contributed by atoms with Gasteiger partial charge in [0.2, 0.25) is 0 Å². The molecule has 0 aromatic carbocycles. The van der Waals surface area contributed by atoms with E-state index in [1.165, 1.54) is 6.07 Å². The van der Waals surface area contributed by atoms with E-state index in [9.17, 15) is 4.79 Å². The van der Waals surface area contributed by atoms with Crippen molar-refractivity contribution in [3.05, 3.63) is 54.0 Å². The van der Waals surface area contributed by atoms with E-state index in [2.05, 4.69) is 21.8 Å². The Morgan fingerprint density at radius 1 is 1.19 bits per heavy atom. The van der Waals surface area contributed by atoms with Gasteiger partial charge in [-0.05, 0) is 30.7 Å². The summed E-state index contributed by atoms with van der Waals surface area (Å²) < 4.78 is 0. The maximum atomic E-state index is 11.0. The van der Waals surface area contributed by atoms with Gasteiger partial charge < -0.3 is 10.0 Å². The van der Waals surface area contributed by atoms with Crippen LogP contribution in [0.15, 0.2) is 42.6 Å². The zero-order valence-corrected chi connectivity index (χ0v) is 12.1. The molecule has 110 valence electrons. The molecule has 0 spiro atoms. The summed E-state index contributed by atoms with van der Waals surface area (Å²) in [6.45, 7) is 3.69. The summed E-state index contributed by atoms with van der Waals surface area (Å²) in [6, 6.07) is 10.9. The van der Waals surface area contributed by atoms with E-state index in [0.717, 1.165) is 31.6 Å². The van der Waals surface area contributed by atoms with E-state index in [-0.39, 0.29) is 5.69 Å². The van der Waals surface area contributed by atoms with Crippen LogP contribution in [0.4, 0.5) is 5.82 Å². The summed E-state index contributed by atoms with van der Waals surface area (Å²) in [5.74, 6) is -0.300. The lowest BCUT2D eigenvalue weighted by Gasteiger charge is -2.23. The summed E-state index contributed by atoms with van der Waals surface area (Å²) >= 11 is 0. The first-order valence-corrected chi connectivity index (χ1v) is 7.06. The number of hydrogen-bond donors (Lipinski definition) is 1. The van der Waals surface area contributed by atoms with Crippen LogP contribution in [-0.4, -0.2) is 34.1 Å². The minimum Gasteiger partial charge on any atom is -0.477 e. The van der Waals surface area contributed by atoms with Crippen molar-refractivity contribution in [3.8, 4) is 0 Å². The van der Waals surface area contributed by atoms with Crippen LogP contribution in [-0.2, 0) is 6.42 Å². The van der Waals surface area contributed by atoms with Crippen molar-refractivity contribution in [1.29, 1.82) is 0 Å². The molecule has 0 unspecified atom stereocenters. The number of pyridine rings is 2. The van der Waals surface area contributed by atoms with E-state index in [1.54, 1.807) is 12.3 Å². The van der Waals surface area contributed by atoms with Crippen LogP contribution in [0.1, 0.15) is 29.5 Å². The van der Waals surface area contributed by atoms with Crippen molar-refractivity contribution >= 4 is 11.8 Å². The number of rotatable bonds is 7. The highest BCUT2D eigenvalue weighted by Gasteiger charge is 2.11. The van der Waals surface area contributed by atoms with E-state index in [1.807, 2.05) is 24.3 Å². The Morgan fingerprint density at radius 3 is 2.71 bits per heavy atom. The van der Waals surface area contributed by atoms with Crippen molar-refractivity contribution in [2.24, 2.45) is 0 Å². The minimum absolute atomic E-state index is 0.0754. The monoisotopic (exact) mass is 285 g/mol. The average Bonchev–Trinajstić information content (AvgIpc) is 2.52. The molecule has 0 saturated carbocycles. The summed E-state index contributed by atoms with van der Waals surface area (Å²) in [6.07, 6.45) is 3.56. The van der Waals surface area contributed by atoms with Crippen molar-refractivity contribution in [1.82, 2.24) is 9.97 Å². The van der Waals surface area contributed by atoms with Crippen molar-refractivity contribution in [3.63, 3.8) is 0 Å². The van der Waals surface area contributed by atoms with Crippen LogP contribution in [0, 0.1) is 0 Å². The number of hydrogen-bond acceptors (Lipinski definition) is 4. The van der Waals surface area contributed by atoms with E-state index in [4.69, 9.17) is 5.11 Å². The van der Waals surface area contributed by atoms with Gasteiger partial charge in [0.1, 0.15) is 5.82 Å². The van der Waals surface area contributed by atoms with Gasteiger partial charge in [0.25, 0.3) is 0 Å². The molecule has 2 rings (SSSR count). The molecule has 1 N–H and O–H groups in total. The average molecular weight is 285 g/mol. The van der Waals surface area contributed by atoms with E-state index < -0.39 is 5.97 Å². The molecule has 0 aliphatic carbocycles. The number of anilines is 1. The summed E-state index contributed by atoms with van der Waals surface area (Å²) in [5.41, 5.74) is 1.10. The van der Waals surface area contributed by atoms with Crippen LogP contribution in [0.3, 0.4) is 0 Å². The van der Waals surface area contributed by atoms with Gasteiger partial charge in [0.05, 0.1) is 0 Å². The molecule has 2 heterocycles. The maximum absolute atomic E-state index is 11.0. The SMILES string of the molecule is CCCN(CCc1ccccn1)c1cccc(C(=O)O)n1. The highest BCUT2D eigenvalue weighted by Crippen LogP contribution is 2.13. The Balaban J connectivity index is 2.11. The third-order valence-electron chi connectivity index (χ3n) is 3.14.